The van der Waals surface area contributed by atoms with Gasteiger partial charge in [-0.05, 0) is 6.92 Å². The second kappa shape index (κ2) is 4.43. The summed E-state index contributed by atoms with van der Waals surface area (Å²) in [6.45, 7) is 1.68. The van der Waals surface area contributed by atoms with Crippen molar-refractivity contribution in [2.24, 2.45) is 0 Å². The molecule has 0 amide bonds. The maximum absolute atomic E-state index is 10.6. The third kappa shape index (κ3) is 2.16. The first-order valence-corrected chi connectivity index (χ1v) is 4.26. The Kier molecular flexibility index (Phi) is 3.24. The highest BCUT2D eigenvalue weighted by Gasteiger charge is 2.25. The van der Waals surface area contributed by atoms with Gasteiger partial charge in [0.1, 0.15) is 0 Å². The van der Waals surface area contributed by atoms with E-state index in [1.807, 2.05) is 0 Å². The van der Waals surface area contributed by atoms with Crippen molar-refractivity contribution < 1.29 is 19.7 Å². The molecule has 8 heteroatoms. The maximum atomic E-state index is 10.6. The summed E-state index contributed by atoms with van der Waals surface area (Å²) in [5.41, 5.74) is -1.19. The van der Waals surface area contributed by atoms with Gasteiger partial charge >= 0.3 is 5.69 Å². The minimum Gasteiger partial charge on any atom is -0.504 e. The van der Waals surface area contributed by atoms with Crippen molar-refractivity contribution in [1.82, 2.24) is 0 Å². The van der Waals surface area contributed by atoms with Crippen LogP contribution in [0.3, 0.4) is 0 Å². The van der Waals surface area contributed by atoms with E-state index in [2.05, 4.69) is 0 Å². The fourth-order valence-electron chi connectivity index (χ4n) is 1.12. The number of rotatable bonds is 4. The van der Waals surface area contributed by atoms with Gasteiger partial charge in [0.15, 0.2) is 5.75 Å². The molecule has 0 aromatic heterocycles. The van der Waals surface area contributed by atoms with Gasteiger partial charge in [-0.1, -0.05) is 0 Å². The van der Waals surface area contributed by atoms with Gasteiger partial charge in [-0.15, -0.1) is 0 Å². The highest BCUT2D eigenvalue weighted by atomic mass is 16.6. The van der Waals surface area contributed by atoms with Crippen LogP contribution in [0.15, 0.2) is 12.1 Å². The smallest absolute Gasteiger partial charge is 0.321 e. The minimum absolute atomic E-state index is 0.103. The van der Waals surface area contributed by atoms with E-state index >= 15 is 0 Å². The monoisotopic (exact) mass is 228 g/mol. The highest BCUT2D eigenvalue weighted by Crippen LogP contribution is 2.39. The molecular weight excluding hydrogens is 220 g/mol. The predicted octanol–water partition coefficient (Wildman–Crippen LogP) is 1.61. The molecule has 0 saturated carbocycles. The predicted molar refractivity (Wildman–Crippen MR) is 52.6 cm³/mol. The Morgan fingerprint density at radius 3 is 2.38 bits per heavy atom. The van der Waals surface area contributed by atoms with Crippen LogP contribution >= 0.6 is 0 Å². The van der Waals surface area contributed by atoms with Crippen LogP contribution in [0.25, 0.3) is 0 Å². The lowest BCUT2D eigenvalue weighted by Crippen LogP contribution is -1.99. The Morgan fingerprint density at radius 1 is 1.31 bits per heavy atom. The molecule has 0 bridgehead atoms. The SMILES string of the molecule is CCOc1c(O)cc([N+](=O)[O-])cc1[N+](=O)[O-]. The molecule has 0 spiro atoms. The number of benzene rings is 1. The van der Waals surface area contributed by atoms with Crippen LogP contribution in [-0.2, 0) is 0 Å². The van der Waals surface area contributed by atoms with Crippen LogP contribution in [0.1, 0.15) is 6.92 Å². The first kappa shape index (κ1) is 11.7. The number of non-ortho nitro benzene ring substituents is 1. The Labute approximate surface area is 89.4 Å². The molecule has 16 heavy (non-hydrogen) atoms. The van der Waals surface area contributed by atoms with Crippen molar-refractivity contribution >= 4 is 11.4 Å². The molecule has 0 heterocycles. The molecular formula is C8H8N2O6. The van der Waals surface area contributed by atoms with E-state index in [1.165, 1.54) is 0 Å². The third-order valence-electron chi connectivity index (χ3n) is 1.73. The molecule has 1 aromatic rings. The maximum Gasteiger partial charge on any atom is 0.321 e. The molecule has 0 saturated heterocycles. The summed E-state index contributed by atoms with van der Waals surface area (Å²) in [4.78, 5) is 19.4. The fraction of sp³-hybridized carbons (Fsp3) is 0.250. The lowest BCUT2D eigenvalue weighted by Gasteiger charge is -2.05. The highest BCUT2D eigenvalue weighted by molar-refractivity contribution is 5.61. The average Bonchev–Trinajstić information content (AvgIpc) is 2.20. The summed E-state index contributed by atoms with van der Waals surface area (Å²) < 4.78 is 4.85. The number of aromatic hydroxyl groups is 1. The zero-order chi connectivity index (χ0) is 12.3. The number of nitro benzene ring substituents is 2. The van der Waals surface area contributed by atoms with Crippen LogP contribution in [-0.4, -0.2) is 21.6 Å². The van der Waals surface area contributed by atoms with Crippen LogP contribution in [0, 0.1) is 20.2 Å². The van der Waals surface area contributed by atoms with Crippen molar-refractivity contribution in [2.75, 3.05) is 6.61 Å². The average molecular weight is 228 g/mol. The van der Waals surface area contributed by atoms with E-state index in [1.54, 1.807) is 6.92 Å². The molecule has 0 atom stereocenters. The number of hydrogen-bond acceptors (Lipinski definition) is 6. The normalized spacial score (nSPS) is 9.81. The van der Waals surface area contributed by atoms with E-state index in [-0.39, 0.29) is 12.4 Å². The number of hydrogen-bond donors (Lipinski definition) is 1. The molecule has 1 rings (SSSR count). The Hall–Kier alpha value is -2.38. The van der Waals surface area contributed by atoms with Gasteiger partial charge in [0.25, 0.3) is 5.69 Å². The van der Waals surface area contributed by atoms with E-state index in [4.69, 9.17) is 4.74 Å². The van der Waals surface area contributed by atoms with Crippen LogP contribution in [0.4, 0.5) is 11.4 Å². The minimum atomic E-state index is -0.849. The molecule has 0 unspecified atom stereocenters. The van der Waals surface area contributed by atoms with E-state index in [0.717, 1.165) is 12.1 Å². The number of ether oxygens (including phenoxy) is 1. The van der Waals surface area contributed by atoms with Crippen molar-refractivity contribution in [3.63, 3.8) is 0 Å². The molecule has 1 aromatic carbocycles. The summed E-state index contributed by atoms with van der Waals surface area (Å²) >= 11 is 0. The Bertz CT molecular complexity index is 444. The van der Waals surface area contributed by atoms with E-state index in [0.29, 0.717) is 0 Å². The first-order valence-electron chi connectivity index (χ1n) is 4.26. The first-order chi connectivity index (χ1) is 7.47. The quantitative estimate of drug-likeness (QED) is 0.618. The van der Waals surface area contributed by atoms with Crippen LogP contribution in [0.2, 0.25) is 0 Å². The standard InChI is InChI=1S/C8H8N2O6/c1-2-16-8-6(10(14)15)3-5(9(12)13)4-7(8)11/h3-4,11H,2H2,1H3. The molecule has 8 nitrogen and oxygen atoms in total. The van der Waals surface area contributed by atoms with Crippen molar-refractivity contribution in [2.45, 2.75) is 6.92 Å². The molecule has 0 aliphatic heterocycles. The number of nitrogens with zero attached hydrogens (tertiary/aromatic N) is 2. The van der Waals surface area contributed by atoms with Crippen molar-refractivity contribution in [3.8, 4) is 11.5 Å². The van der Waals surface area contributed by atoms with Gasteiger partial charge in [0.2, 0.25) is 5.75 Å². The largest absolute Gasteiger partial charge is 0.504 e. The van der Waals surface area contributed by atoms with Gasteiger partial charge in [0, 0.05) is 0 Å². The molecule has 0 aliphatic rings. The molecule has 0 radical (unpaired) electrons. The van der Waals surface area contributed by atoms with Gasteiger partial charge in [-0.3, -0.25) is 20.2 Å². The summed E-state index contributed by atoms with van der Waals surface area (Å²) in [6, 6.07) is 1.54. The fourth-order valence-corrected chi connectivity index (χ4v) is 1.12. The van der Waals surface area contributed by atoms with Gasteiger partial charge < -0.3 is 9.84 Å². The lowest BCUT2D eigenvalue weighted by molar-refractivity contribution is -0.394. The molecule has 86 valence electrons. The number of phenolic OH excluding ortho intramolecular Hbond substituents is 1. The number of phenols is 1. The van der Waals surface area contributed by atoms with E-state index < -0.39 is 27.0 Å². The second-order valence-electron chi connectivity index (χ2n) is 2.76. The zero-order valence-electron chi connectivity index (χ0n) is 8.24. The lowest BCUT2D eigenvalue weighted by atomic mass is 10.2. The molecule has 0 fully saturated rings. The van der Waals surface area contributed by atoms with Crippen LogP contribution < -0.4 is 4.74 Å². The van der Waals surface area contributed by atoms with Gasteiger partial charge in [-0.2, -0.15) is 0 Å². The van der Waals surface area contributed by atoms with Crippen LogP contribution in [0.5, 0.6) is 11.5 Å². The summed E-state index contributed by atoms with van der Waals surface area (Å²) in [5.74, 6) is -0.985. The summed E-state index contributed by atoms with van der Waals surface area (Å²) in [5, 5.41) is 30.4. The third-order valence-corrected chi connectivity index (χ3v) is 1.73. The van der Waals surface area contributed by atoms with Crippen molar-refractivity contribution in [1.29, 1.82) is 0 Å². The Morgan fingerprint density at radius 2 is 1.94 bits per heavy atom. The topological polar surface area (TPSA) is 116 Å². The van der Waals surface area contributed by atoms with E-state index in [9.17, 15) is 25.3 Å². The number of nitro groups is 2. The summed E-state index contributed by atoms with van der Waals surface area (Å²) in [7, 11) is 0. The second-order valence-corrected chi connectivity index (χ2v) is 2.76. The molecule has 1 N–H and O–H groups in total. The zero-order valence-corrected chi connectivity index (χ0v) is 8.24. The van der Waals surface area contributed by atoms with Crippen molar-refractivity contribution in [3.05, 3.63) is 32.4 Å². The summed E-state index contributed by atoms with van der Waals surface area (Å²) in [6.07, 6.45) is 0. The molecule has 0 aliphatic carbocycles. The van der Waals surface area contributed by atoms with Gasteiger partial charge in [0.05, 0.1) is 28.6 Å². The Balaban J connectivity index is 3.39. The van der Waals surface area contributed by atoms with Gasteiger partial charge in [-0.25, -0.2) is 0 Å².